The molecule has 0 saturated heterocycles. The Morgan fingerprint density at radius 1 is 1.36 bits per heavy atom. The first-order chi connectivity index (χ1) is 11.9. The van der Waals surface area contributed by atoms with Crippen LogP contribution in [0.1, 0.15) is 35.8 Å². The predicted molar refractivity (Wildman–Crippen MR) is 98.4 cm³/mol. The number of rotatable bonds is 6. The summed E-state index contributed by atoms with van der Waals surface area (Å²) in [4.78, 5) is 27.8. The Morgan fingerprint density at radius 3 is 2.76 bits per heavy atom. The van der Waals surface area contributed by atoms with E-state index in [9.17, 15) is 9.59 Å². The number of ether oxygens (including phenoxy) is 1. The van der Waals surface area contributed by atoms with Gasteiger partial charge in [-0.1, -0.05) is 0 Å². The zero-order valence-electron chi connectivity index (χ0n) is 14.4. The molecule has 0 radical (unpaired) electrons. The van der Waals surface area contributed by atoms with Crippen LogP contribution in [-0.4, -0.2) is 33.7 Å². The third kappa shape index (κ3) is 5.33. The van der Waals surface area contributed by atoms with Gasteiger partial charge < -0.3 is 4.74 Å². The molecule has 0 bridgehead atoms. The van der Waals surface area contributed by atoms with Gasteiger partial charge in [0, 0.05) is 5.38 Å². The number of carbonyl (C=O) groups is 2. The van der Waals surface area contributed by atoms with Crippen molar-refractivity contribution in [2.45, 2.75) is 34.1 Å². The molecule has 0 aliphatic rings. The number of carbonyl (C=O) groups excluding carboxylic acids is 2. The fraction of sp³-hybridized carbons (Fsp3) is 0.400. The van der Waals surface area contributed by atoms with Gasteiger partial charge in [0.15, 0.2) is 0 Å². The molecular weight excluding hydrogens is 362 g/mol. The molecule has 134 valence electrons. The third-order valence-corrected chi connectivity index (χ3v) is 4.75. The normalized spacial score (nSPS) is 11.3. The van der Waals surface area contributed by atoms with Crippen LogP contribution in [0.4, 0.5) is 9.80 Å². The zero-order valence-corrected chi connectivity index (χ0v) is 16.0. The average molecular weight is 381 g/mol. The Hall–Kier alpha value is -2.33. The van der Waals surface area contributed by atoms with Crippen LogP contribution in [0.25, 0.3) is 0 Å². The molecule has 2 aromatic heterocycles. The van der Waals surface area contributed by atoms with Crippen molar-refractivity contribution in [3.05, 3.63) is 27.3 Å². The second-order valence-corrected chi connectivity index (χ2v) is 6.92. The van der Waals surface area contributed by atoms with E-state index in [-0.39, 0.29) is 18.9 Å². The lowest BCUT2D eigenvalue weighted by atomic mass is 10.2. The van der Waals surface area contributed by atoms with Gasteiger partial charge in [-0.3, -0.25) is 10.1 Å². The van der Waals surface area contributed by atoms with Crippen LogP contribution in [0.5, 0.6) is 0 Å². The lowest BCUT2D eigenvalue weighted by Crippen LogP contribution is -2.22. The highest BCUT2D eigenvalue weighted by molar-refractivity contribution is 7.11. The van der Waals surface area contributed by atoms with E-state index in [4.69, 9.17) is 4.74 Å². The van der Waals surface area contributed by atoms with Gasteiger partial charge in [0.2, 0.25) is 5.91 Å². The van der Waals surface area contributed by atoms with Gasteiger partial charge in [0.25, 0.3) is 0 Å². The van der Waals surface area contributed by atoms with Crippen molar-refractivity contribution in [3.8, 4) is 0 Å². The average Bonchev–Trinajstić information content (AvgIpc) is 3.11. The molecule has 0 saturated carbocycles. The lowest BCUT2D eigenvalue weighted by Gasteiger charge is -2.06. The molecule has 0 spiro atoms. The minimum atomic E-state index is -0.553. The summed E-state index contributed by atoms with van der Waals surface area (Å²) in [5.41, 5.74) is 5.14. The van der Waals surface area contributed by atoms with Crippen LogP contribution in [0.15, 0.2) is 10.5 Å². The summed E-state index contributed by atoms with van der Waals surface area (Å²) in [5, 5.41) is 10.0. The van der Waals surface area contributed by atoms with E-state index in [1.165, 1.54) is 11.3 Å². The maximum atomic E-state index is 12.0. The summed E-state index contributed by atoms with van der Waals surface area (Å²) in [5.74, 6) is -0.259. The standard InChI is InChI=1S/C15H19N5O3S2/c1-5-23-15(22)17-14-13(9(3)20-25-14)8(2)18-19-12(21)6-11-7-24-10(4)16-11/h7H,5-6H2,1-4H3,(H,17,22)(H,19,21)/b18-8+. The van der Waals surface area contributed by atoms with Crippen LogP contribution in [0.3, 0.4) is 0 Å². The number of hydrazone groups is 1. The van der Waals surface area contributed by atoms with Crippen molar-refractivity contribution in [2.24, 2.45) is 5.10 Å². The van der Waals surface area contributed by atoms with Crippen molar-refractivity contribution >= 4 is 45.6 Å². The summed E-state index contributed by atoms with van der Waals surface area (Å²) >= 11 is 2.63. The van der Waals surface area contributed by atoms with Gasteiger partial charge in [-0.05, 0) is 39.2 Å². The highest BCUT2D eigenvalue weighted by Crippen LogP contribution is 2.25. The summed E-state index contributed by atoms with van der Waals surface area (Å²) in [6.07, 6.45) is -0.390. The van der Waals surface area contributed by atoms with Gasteiger partial charge in [0.05, 0.1) is 40.7 Å². The highest BCUT2D eigenvalue weighted by Gasteiger charge is 2.17. The van der Waals surface area contributed by atoms with Crippen LogP contribution in [-0.2, 0) is 16.0 Å². The van der Waals surface area contributed by atoms with Crippen molar-refractivity contribution in [1.82, 2.24) is 14.8 Å². The first-order valence-electron chi connectivity index (χ1n) is 7.55. The molecular formula is C15H19N5O3S2. The van der Waals surface area contributed by atoms with Crippen molar-refractivity contribution in [3.63, 3.8) is 0 Å². The van der Waals surface area contributed by atoms with Gasteiger partial charge in [-0.2, -0.15) is 9.47 Å². The van der Waals surface area contributed by atoms with Crippen LogP contribution in [0, 0.1) is 13.8 Å². The van der Waals surface area contributed by atoms with E-state index >= 15 is 0 Å². The number of aryl methyl sites for hydroxylation is 2. The first kappa shape index (κ1) is 19.0. The van der Waals surface area contributed by atoms with Crippen molar-refractivity contribution in [2.75, 3.05) is 11.9 Å². The molecule has 0 atom stereocenters. The van der Waals surface area contributed by atoms with E-state index in [1.54, 1.807) is 20.8 Å². The summed E-state index contributed by atoms with van der Waals surface area (Å²) in [7, 11) is 0. The van der Waals surface area contributed by atoms with E-state index < -0.39 is 6.09 Å². The quantitative estimate of drug-likeness (QED) is 0.591. The Kier molecular flexibility index (Phi) is 6.59. The molecule has 10 heteroatoms. The molecule has 25 heavy (non-hydrogen) atoms. The molecule has 2 amide bonds. The van der Waals surface area contributed by atoms with Crippen molar-refractivity contribution in [1.29, 1.82) is 0 Å². The number of amides is 2. The van der Waals surface area contributed by atoms with Gasteiger partial charge >= 0.3 is 6.09 Å². The van der Waals surface area contributed by atoms with Gasteiger partial charge in [-0.15, -0.1) is 11.3 Å². The first-order valence-corrected chi connectivity index (χ1v) is 9.20. The van der Waals surface area contributed by atoms with Crippen LogP contribution < -0.4 is 10.7 Å². The predicted octanol–water partition coefficient (Wildman–Crippen LogP) is 2.87. The maximum absolute atomic E-state index is 12.0. The Labute approximate surface area is 153 Å². The molecule has 0 unspecified atom stereocenters. The maximum Gasteiger partial charge on any atom is 0.412 e. The van der Waals surface area contributed by atoms with Gasteiger partial charge in [0.1, 0.15) is 5.00 Å². The second kappa shape index (κ2) is 8.67. The Morgan fingerprint density at radius 2 is 2.12 bits per heavy atom. The second-order valence-electron chi connectivity index (χ2n) is 5.08. The highest BCUT2D eigenvalue weighted by atomic mass is 32.1. The van der Waals surface area contributed by atoms with Crippen molar-refractivity contribution < 1.29 is 14.3 Å². The van der Waals surface area contributed by atoms with E-state index in [0.717, 1.165) is 16.5 Å². The number of nitrogens with one attached hydrogen (secondary N) is 2. The number of hydrogen-bond acceptors (Lipinski definition) is 8. The minimum Gasteiger partial charge on any atom is -0.450 e. The number of thiazole rings is 1. The molecule has 0 aromatic carbocycles. The van der Waals surface area contributed by atoms with Gasteiger partial charge in [-0.25, -0.2) is 15.2 Å². The summed E-state index contributed by atoms with van der Waals surface area (Å²) in [6.45, 7) is 7.43. The lowest BCUT2D eigenvalue weighted by molar-refractivity contribution is -0.120. The van der Waals surface area contributed by atoms with Crippen LogP contribution >= 0.6 is 22.9 Å². The number of anilines is 1. The molecule has 0 fully saturated rings. The van der Waals surface area contributed by atoms with E-state index in [1.807, 2.05) is 12.3 Å². The number of nitrogens with zero attached hydrogens (tertiary/aromatic N) is 3. The largest absolute Gasteiger partial charge is 0.450 e. The molecule has 8 nitrogen and oxygen atoms in total. The van der Waals surface area contributed by atoms with Crippen LogP contribution in [0.2, 0.25) is 0 Å². The molecule has 0 aliphatic carbocycles. The topological polar surface area (TPSA) is 106 Å². The fourth-order valence-electron chi connectivity index (χ4n) is 2.04. The summed E-state index contributed by atoms with van der Waals surface area (Å²) < 4.78 is 9.09. The summed E-state index contributed by atoms with van der Waals surface area (Å²) in [6, 6.07) is 0. The SMILES string of the molecule is CCOC(=O)Nc1snc(C)c1/C(C)=N/NC(=O)Cc1csc(C)n1. The number of hydrogen-bond donors (Lipinski definition) is 2. The Bertz CT molecular complexity index is 797. The smallest absolute Gasteiger partial charge is 0.412 e. The zero-order chi connectivity index (χ0) is 18.4. The molecule has 2 heterocycles. The third-order valence-electron chi connectivity index (χ3n) is 3.07. The fourth-order valence-corrected chi connectivity index (χ4v) is 3.48. The van der Waals surface area contributed by atoms with E-state index in [2.05, 4.69) is 25.2 Å². The van der Waals surface area contributed by atoms with E-state index in [0.29, 0.717) is 27.7 Å². The monoisotopic (exact) mass is 381 g/mol. The molecule has 2 rings (SSSR count). The number of aromatic nitrogens is 2. The minimum absolute atomic E-state index is 0.163. The molecule has 2 N–H and O–H groups in total. The molecule has 2 aromatic rings. The Balaban J connectivity index is 2.04. The molecule has 0 aliphatic heterocycles.